The highest BCUT2D eigenvalue weighted by Crippen LogP contribution is 2.36. The lowest BCUT2D eigenvalue weighted by molar-refractivity contribution is 0.0730. The van der Waals surface area contributed by atoms with Crippen LogP contribution in [0.4, 0.5) is 5.69 Å². The van der Waals surface area contributed by atoms with Gasteiger partial charge >= 0.3 is 0 Å². The summed E-state index contributed by atoms with van der Waals surface area (Å²) in [5, 5.41) is 3.02. The van der Waals surface area contributed by atoms with Gasteiger partial charge in [0.15, 0.2) is 0 Å². The van der Waals surface area contributed by atoms with Gasteiger partial charge in [0.2, 0.25) is 10.0 Å². The highest BCUT2D eigenvalue weighted by Gasteiger charge is 2.28. The summed E-state index contributed by atoms with van der Waals surface area (Å²) in [6.45, 7) is 1.12. The summed E-state index contributed by atoms with van der Waals surface area (Å²) < 4.78 is 42.7. The van der Waals surface area contributed by atoms with Gasteiger partial charge in [-0.25, -0.2) is 8.42 Å². The van der Waals surface area contributed by atoms with Crippen LogP contribution in [0.2, 0.25) is 10.0 Å². The number of carbonyl (C=O) groups excluding carboxylic acids is 1. The molecule has 0 saturated carbocycles. The number of nitrogens with zero attached hydrogens (tertiary/aromatic N) is 1. The van der Waals surface area contributed by atoms with Gasteiger partial charge in [0.05, 0.1) is 53.6 Å². The lowest BCUT2D eigenvalue weighted by Crippen LogP contribution is -2.40. The maximum atomic E-state index is 12.9. The van der Waals surface area contributed by atoms with Crippen molar-refractivity contribution in [3.05, 3.63) is 45.9 Å². The van der Waals surface area contributed by atoms with Gasteiger partial charge in [0.1, 0.15) is 11.5 Å². The Hall–Kier alpha value is -2.04. The van der Waals surface area contributed by atoms with Crippen LogP contribution in [0.15, 0.2) is 35.2 Å². The molecule has 0 unspecified atom stereocenters. The highest BCUT2D eigenvalue weighted by molar-refractivity contribution is 7.89. The molecule has 3 rings (SSSR count). The Labute approximate surface area is 184 Å². The van der Waals surface area contributed by atoms with Gasteiger partial charge < -0.3 is 19.5 Å². The summed E-state index contributed by atoms with van der Waals surface area (Å²) in [5.74, 6) is 0.0829. The molecule has 162 valence electrons. The molecule has 2 aromatic carbocycles. The van der Waals surface area contributed by atoms with Crippen LogP contribution in [0, 0.1) is 0 Å². The Morgan fingerprint density at radius 3 is 2.33 bits per heavy atom. The largest absolute Gasteiger partial charge is 0.495 e. The number of halogens is 2. The molecule has 2 aromatic rings. The molecule has 0 aromatic heterocycles. The summed E-state index contributed by atoms with van der Waals surface area (Å²) >= 11 is 12.3. The van der Waals surface area contributed by atoms with Gasteiger partial charge in [-0.15, -0.1) is 0 Å². The van der Waals surface area contributed by atoms with E-state index >= 15 is 0 Å². The van der Waals surface area contributed by atoms with Crippen molar-refractivity contribution < 1.29 is 27.4 Å². The minimum Gasteiger partial charge on any atom is -0.495 e. The predicted molar refractivity (Wildman–Crippen MR) is 114 cm³/mol. The van der Waals surface area contributed by atoms with Gasteiger partial charge in [-0.3, -0.25) is 4.79 Å². The molecular formula is C19H20Cl2N2O6S. The van der Waals surface area contributed by atoms with E-state index in [9.17, 15) is 13.2 Å². The summed E-state index contributed by atoms with van der Waals surface area (Å²) in [6, 6.07) is 7.00. The summed E-state index contributed by atoms with van der Waals surface area (Å²) in [6.07, 6.45) is 0. The zero-order valence-corrected chi connectivity index (χ0v) is 18.6. The SMILES string of the molecule is COc1cc(OC)c(NC(=O)c2cc(S(=O)(=O)N3CCOCC3)ccc2Cl)cc1Cl. The Balaban J connectivity index is 1.92. The average Bonchev–Trinajstić information content (AvgIpc) is 2.74. The molecule has 1 amide bonds. The monoisotopic (exact) mass is 474 g/mol. The molecule has 1 fully saturated rings. The van der Waals surface area contributed by atoms with Crippen molar-refractivity contribution in [2.75, 3.05) is 45.8 Å². The van der Waals surface area contributed by atoms with Crippen molar-refractivity contribution in [3.63, 3.8) is 0 Å². The van der Waals surface area contributed by atoms with Crippen LogP contribution in [0.5, 0.6) is 11.5 Å². The van der Waals surface area contributed by atoms with Crippen molar-refractivity contribution in [1.29, 1.82) is 0 Å². The number of benzene rings is 2. The Morgan fingerprint density at radius 1 is 1.03 bits per heavy atom. The van der Waals surface area contributed by atoms with Crippen molar-refractivity contribution >= 4 is 44.8 Å². The molecule has 1 N–H and O–H groups in total. The first-order valence-electron chi connectivity index (χ1n) is 8.88. The second-order valence-electron chi connectivity index (χ2n) is 6.30. The first-order chi connectivity index (χ1) is 14.3. The van der Waals surface area contributed by atoms with E-state index in [1.165, 1.54) is 48.9 Å². The van der Waals surface area contributed by atoms with Gasteiger partial charge in [0.25, 0.3) is 5.91 Å². The van der Waals surface area contributed by atoms with E-state index in [0.29, 0.717) is 24.7 Å². The van der Waals surface area contributed by atoms with Gasteiger partial charge in [-0.1, -0.05) is 23.2 Å². The highest BCUT2D eigenvalue weighted by atomic mass is 35.5. The molecule has 11 heteroatoms. The van der Waals surface area contributed by atoms with Crippen LogP contribution in [0.3, 0.4) is 0 Å². The molecule has 30 heavy (non-hydrogen) atoms. The Morgan fingerprint density at radius 2 is 1.70 bits per heavy atom. The summed E-state index contributed by atoms with van der Waals surface area (Å²) in [7, 11) is -0.895. The lowest BCUT2D eigenvalue weighted by Gasteiger charge is -2.26. The third-order valence-electron chi connectivity index (χ3n) is 4.51. The fourth-order valence-electron chi connectivity index (χ4n) is 2.92. The average molecular weight is 475 g/mol. The maximum absolute atomic E-state index is 12.9. The third kappa shape index (κ3) is 4.65. The van der Waals surface area contributed by atoms with E-state index in [1.54, 1.807) is 0 Å². The van der Waals surface area contributed by atoms with Crippen LogP contribution in [0.1, 0.15) is 10.4 Å². The number of methoxy groups -OCH3 is 2. The van der Waals surface area contributed by atoms with Crippen LogP contribution < -0.4 is 14.8 Å². The van der Waals surface area contributed by atoms with E-state index in [2.05, 4.69) is 5.32 Å². The van der Waals surface area contributed by atoms with E-state index in [4.69, 9.17) is 37.4 Å². The number of sulfonamides is 1. The molecule has 0 atom stereocenters. The van der Waals surface area contributed by atoms with Crippen molar-refractivity contribution in [3.8, 4) is 11.5 Å². The number of amides is 1. The number of morpholine rings is 1. The standard InChI is InChI=1S/C19H20Cl2N2O6S/c1-27-17-11-18(28-2)16(10-15(17)21)22-19(24)13-9-12(3-4-14(13)20)30(25,26)23-5-7-29-8-6-23/h3-4,9-11H,5-8H2,1-2H3,(H,22,24). The smallest absolute Gasteiger partial charge is 0.257 e. The van der Waals surface area contributed by atoms with E-state index < -0.39 is 15.9 Å². The number of hydrogen-bond acceptors (Lipinski definition) is 6. The van der Waals surface area contributed by atoms with Crippen LogP contribution >= 0.6 is 23.2 Å². The molecule has 0 bridgehead atoms. The zero-order chi connectivity index (χ0) is 21.9. The number of carbonyl (C=O) groups is 1. The van der Waals surface area contributed by atoms with Crippen LogP contribution in [-0.4, -0.2) is 59.2 Å². The van der Waals surface area contributed by atoms with Crippen LogP contribution in [-0.2, 0) is 14.8 Å². The Bertz CT molecular complexity index is 1060. The first kappa shape index (κ1) is 22.6. The number of ether oxygens (including phenoxy) is 3. The van der Waals surface area contributed by atoms with Gasteiger partial charge in [-0.2, -0.15) is 4.31 Å². The zero-order valence-electron chi connectivity index (χ0n) is 16.3. The number of rotatable bonds is 6. The lowest BCUT2D eigenvalue weighted by atomic mass is 10.2. The second kappa shape index (κ2) is 9.40. The summed E-state index contributed by atoms with van der Waals surface area (Å²) in [4.78, 5) is 12.8. The molecule has 1 saturated heterocycles. The third-order valence-corrected chi connectivity index (χ3v) is 7.03. The molecule has 8 nitrogen and oxygen atoms in total. The second-order valence-corrected chi connectivity index (χ2v) is 9.05. The van der Waals surface area contributed by atoms with E-state index in [1.807, 2.05) is 0 Å². The number of anilines is 1. The van der Waals surface area contributed by atoms with E-state index in [-0.39, 0.29) is 39.3 Å². The fourth-order valence-corrected chi connectivity index (χ4v) is 4.80. The molecule has 1 aliphatic rings. The van der Waals surface area contributed by atoms with Crippen molar-refractivity contribution in [2.45, 2.75) is 4.90 Å². The summed E-state index contributed by atoms with van der Waals surface area (Å²) in [5.41, 5.74) is 0.283. The minimum atomic E-state index is -3.78. The van der Waals surface area contributed by atoms with Gasteiger partial charge in [-0.05, 0) is 24.3 Å². The molecule has 0 spiro atoms. The van der Waals surface area contributed by atoms with Crippen molar-refractivity contribution in [2.24, 2.45) is 0 Å². The van der Waals surface area contributed by atoms with Crippen molar-refractivity contribution in [1.82, 2.24) is 4.31 Å². The maximum Gasteiger partial charge on any atom is 0.257 e. The molecule has 0 aliphatic carbocycles. The molecular weight excluding hydrogens is 455 g/mol. The molecule has 0 radical (unpaired) electrons. The number of nitrogens with one attached hydrogen (secondary N) is 1. The molecule has 1 heterocycles. The van der Waals surface area contributed by atoms with Crippen LogP contribution in [0.25, 0.3) is 0 Å². The van der Waals surface area contributed by atoms with Gasteiger partial charge in [0, 0.05) is 19.2 Å². The quantitative estimate of drug-likeness (QED) is 0.690. The fraction of sp³-hybridized carbons (Fsp3) is 0.316. The normalized spacial score (nSPS) is 14.9. The topological polar surface area (TPSA) is 94.2 Å². The van der Waals surface area contributed by atoms with E-state index in [0.717, 1.165) is 0 Å². The predicted octanol–water partition coefficient (Wildman–Crippen LogP) is 3.28. The Kier molecular flexibility index (Phi) is 7.10. The number of hydrogen-bond donors (Lipinski definition) is 1. The molecule has 1 aliphatic heterocycles. The first-order valence-corrected chi connectivity index (χ1v) is 11.1. The minimum absolute atomic E-state index is 0.00000493.